The lowest BCUT2D eigenvalue weighted by atomic mass is 9.48. The van der Waals surface area contributed by atoms with Gasteiger partial charge in [-0.2, -0.15) is 0 Å². The Kier molecular flexibility index (Phi) is 7.43. The maximum absolute atomic E-state index is 11.5. The first kappa shape index (κ1) is 25.3. The highest BCUT2D eigenvalue weighted by atomic mass is 16.5. The molecule has 3 saturated carbocycles. The van der Waals surface area contributed by atoms with Crippen LogP contribution in [0.1, 0.15) is 119 Å². The average Bonchev–Trinajstić information content (AvgIpc) is 3.11. The van der Waals surface area contributed by atoms with Crippen LogP contribution in [0.15, 0.2) is 11.6 Å². The Bertz CT molecular complexity index is 737. The summed E-state index contributed by atoms with van der Waals surface area (Å²) < 4.78 is 5.65. The summed E-state index contributed by atoms with van der Waals surface area (Å²) in [5.74, 6) is 5.76. The predicted octanol–water partition coefficient (Wildman–Crippen LogP) is 8.60. The molecule has 0 aromatic rings. The quantitative estimate of drug-likeness (QED) is 0.283. The lowest BCUT2D eigenvalue weighted by molar-refractivity contribution is -0.151. The second-order valence-corrected chi connectivity index (χ2v) is 13.4. The minimum Gasteiger partial charge on any atom is -0.463 e. The predicted molar refractivity (Wildman–Crippen MR) is 138 cm³/mol. The van der Waals surface area contributed by atoms with Gasteiger partial charge in [0, 0.05) is 6.92 Å². The van der Waals surface area contributed by atoms with Gasteiger partial charge in [0.15, 0.2) is 0 Å². The number of esters is 1. The van der Waals surface area contributed by atoms with E-state index in [-0.39, 0.29) is 12.1 Å². The molecular formula is C31H52O2. The third-order valence-corrected chi connectivity index (χ3v) is 11.5. The molecule has 188 valence electrons. The van der Waals surface area contributed by atoms with Gasteiger partial charge in [0.05, 0.1) is 0 Å². The smallest absolute Gasteiger partial charge is 0.302 e. The van der Waals surface area contributed by atoms with E-state index in [1.54, 1.807) is 6.92 Å². The topological polar surface area (TPSA) is 26.3 Å². The molecule has 0 amide bonds. The van der Waals surface area contributed by atoms with Crippen molar-refractivity contribution in [1.29, 1.82) is 0 Å². The van der Waals surface area contributed by atoms with E-state index in [0.717, 1.165) is 48.3 Å². The SMILES string of the molecule is CC[C@H](CC[C@@H](C)[C@H]1CC[C@H]2[C@@H]3CC[C@H]4C[C@@H](OC(C)=O)CC[C@]4(C)C3=CC[C@]12C)C(C)C. The number of rotatable bonds is 7. The van der Waals surface area contributed by atoms with Gasteiger partial charge in [-0.3, -0.25) is 4.79 Å². The molecule has 2 nitrogen and oxygen atoms in total. The zero-order valence-corrected chi connectivity index (χ0v) is 22.8. The molecule has 0 unspecified atom stereocenters. The van der Waals surface area contributed by atoms with Crippen molar-refractivity contribution < 1.29 is 9.53 Å². The summed E-state index contributed by atoms with van der Waals surface area (Å²) in [7, 11) is 0. The average molecular weight is 457 g/mol. The number of carbonyl (C=O) groups is 1. The van der Waals surface area contributed by atoms with Gasteiger partial charge in [0.1, 0.15) is 6.10 Å². The fraction of sp³-hybridized carbons (Fsp3) is 0.903. The van der Waals surface area contributed by atoms with E-state index in [4.69, 9.17) is 4.74 Å². The Balaban J connectivity index is 1.47. The molecule has 33 heavy (non-hydrogen) atoms. The van der Waals surface area contributed by atoms with Crippen LogP contribution in [-0.4, -0.2) is 12.1 Å². The number of fused-ring (bicyclic) bond motifs is 5. The van der Waals surface area contributed by atoms with Crippen LogP contribution >= 0.6 is 0 Å². The standard InChI is InChI=1S/C31H52O2/c1-8-23(20(2)3)10-9-21(4)27-13-14-28-26-12-11-24-19-25(33-22(5)32)15-17-30(24,6)29(26)16-18-31(27,28)7/h16,20-21,23-28H,8-15,17-19H2,1-7H3/t21-,23-,24+,25+,26+,27-,28+,30+,31-/m1/s1. The highest BCUT2D eigenvalue weighted by molar-refractivity contribution is 5.66. The lowest BCUT2D eigenvalue weighted by Gasteiger charge is -2.57. The van der Waals surface area contributed by atoms with Crippen molar-refractivity contribution >= 4 is 5.97 Å². The molecule has 9 atom stereocenters. The Morgan fingerprint density at radius 1 is 1.09 bits per heavy atom. The third kappa shape index (κ3) is 4.58. The van der Waals surface area contributed by atoms with E-state index in [0.29, 0.717) is 16.7 Å². The molecule has 4 aliphatic carbocycles. The van der Waals surface area contributed by atoms with Gasteiger partial charge in [-0.25, -0.2) is 0 Å². The number of carbonyl (C=O) groups excluding carboxylic acids is 1. The van der Waals surface area contributed by atoms with Crippen molar-refractivity contribution in [2.24, 2.45) is 52.3 Å². The van der Waals surface area contributed by atoms with Gasteiger partial charge in [-0.05, 0) is 110 Å². The zero-order chi connectivity index (χ0) is 24.0. The molecule has 4 aliphatic rings. The second-order valence-electron chi connectivity index (χ2n) is 13.4. The number of hydrogen-bond donors (Lipinski definition) is 0. The van der Waals surface area contributed by atoms with Crippen molar-refractivity contribution in [3.05, 3.63) is 11.6 Å². The monoisotopic (exact) mass is 456 g/mol. The van der Waals surface area contributed by atoms with Crippen molar-refractivity contribution in [2.45, 2.75) is 125 Å². The van der Waals surface area contributed by atoms with Crippen molar-refractivity contribution in [1.82, 2.24) is 0 Å². The van der Waals surface area contributed by atoms with Crippen LogP contribution in [0.4, 0.5) is 0 Å². The maximum atomic E-state index is 11.5. The summed E-state index contributed by atoms with van der Waals surface area (Å²) >= 11 is 0. The number of allylic oxidation sites excluding steroid dienone is 2. The first-order valence-corrected chi connectivity index (χ1v) is 14.5. The van der Waals surface area contributed by atoms with E-state index >= 15 is 0 Å². The van der Waals surface area contributed by atoms with E-state index in [1.807, 2.05) is 5.57 Å². The molecule has 0 bridgehead atoms. The number of hydrogen-bond acceptors (Lipinski definition) is 2. The van der Waals surface area contributed by atoms with Crippen LogP contribution in [0.2, 0.25) is 0 Å². The minimum absolute atomic E-state index is 0.102. The Morgan fingerprint density at radius 3 is 2.52 bits per heavy atom. The third-order valence-electron chi connectivity index (χ3n) is 11.5. The highest BCUT2D eigenvalue weighted by Crippen LogP contribution is 2.66. The van der Waals surface area contributed by atoms with E-state index < -0.39 is 0 Å². The largest absolute Gasteiger partial charge is 0.463 e. The van der Waals surface area contributed by atoms with Gasteiger partial charge in [0.25, 0.3) is 0 Å². The summed E-state index contributed by atoms with van der Waals surface area (Å²) in [6.45, 7) is 16.6. The molecule has 0 N–H and O–H groups in total. The molecule has 0 heterocycles. The van der Waals surface area contributed by atoms with Gasteiger partial charge < -0.3 is 4.74 Å². The van der Waals surface area contributed by atoms with E-state index in [1.165, 1.54) is 57.8 Å². The molecule has 0 spiro atoms. The van der Waals surface area contributed by atoms with Gasteiger partial charge >= 0.3 is 5.97 Å². The highest BCUT2D eigenvalue weighted by Gasteiger charge is 2.57. The van der Waals surface area contributed by atoms with Crippen LogP contribution in [0, 0.1) is 52.3 Å². The summed E-state index contributed by atoms with van der Waals surface area (Å²) in [6, 6.07) is 0. The van der Waals surface area contributed by atoms with Crippen LogP contribution in [0.5, 0.6) is 0 Å². The molecule has 3 fully saturated rings. The molecule has 0 aromatic heterocycles. The molecule has 4 rings (SSSR count). The van der Waals surface area contributed by atoms with Crippen LogP contribution in [-0.2, 0) is 9.53 Å². The first-order valence-electron chi connectivity index (χ1n) is 14.5. The molecule has 0 saturated heterocycles. The molecule has 0 aliphatic heterocycles. The summed E-state index contributed by atoms with van der Waals surface area (Å²) in [5, 5.41) is 0. The Morgan fingerprint density at radius 2 is 1.85 bits per heavy atom. The molecule has 2 heteroatoms. The second kappa shape index (κ2) is 9.69. The Labute approximate surface area is 204 Å². The van der Waals surface area contributed by atoms with E-state index in [2.05, 4.69) is 47.6 Å². The van der Waals surface area contributed by atoms with Crippen LogP contribution < -0.4 is 0 Å². The van der Waals surface area contributed by atoms with Gasteiger partial charge in [-0.15, -0.1) is 0 Å². The fourth-order valence-corrected chi connectivity index (χ4v) is 9.49. The summed E-state index contributed by atoms with van der Waals surface area (Å²) in [4.78, 5) is 11.5. The first-order chi connectivity index (χ1) is 15.6. The van der Waals surface area contributed by atoms with Crippen LogP contribution in [0.25, 0.3) is 0 Å². The zero-order valence-electron chi connectivity index (χ0n) is 22.8. The lowest BCUT2D eigenvalue weighted by Crippen LogP contribution is -2.49. The number of ether oxygens (including phenoxy) is 1. The van der Waals surface area contributed by atoms with Gasteiger partial charge in [-0.1, -0.05) is 66.0 Å². The van der Waals surface area contributed by atoms with Crippen molar-refractivity contribution in [3.8, 4) is 0 Å². The summed E-state index contributed by atoms with van der Waals surface area (Å²) in [6.07, 6.45) is 17.3. The normalized spacial score (nSPS) is 42.1. The summed E-state index contributed by atoms with van der Waals surface area (Å²) in [5.41, 5.74) is 2.67. The molecular weight excluding hydrogens is 404 g/mol. The molecule has 0 aromatic carbocycles. The van der Waals surface area contributed by atoms with E-state index in [9.17, 15) is 4.79 Å². The maximum Gasteiger partial charge on any atom is 0.302 e. The minimum atomic E-state index is -0.102. The molecule has 0 radical (unpaired) electrons. The Hall–Kier alpha value is -0.790. The van der Waals surface area contributed by atoms with Gasteiger partial charge in [0.2, 0.25) is 0 Å². The van der Waals surface area contributed by atoms with Crippen molar-refractivity contribution in [2.75, 3.05) is 0 Å². The van der Waals surface area contributed by atoms with Crippen LogP contribution in [0.3, 0.4) is 0 Å². The fourth-order valence-electron chi connectivity index (χ4n) is 9.49. The van der Waals surface area contributed by atoms with Crippen molar-refractivity contribution in [3.63, 3.8) is 0 Å².